The van der Waals surface area contributed by atoms with Crippen LogP contribution in [0, 0.1) is 19.7 Å². The molecule has 3 heterocycles. The van der Waals surface area contributed by atoms with Gasteiger partial charge in [-0.25, -0.2) is 9.37 Å². The summed E-state index contributed by atoms with van der Waals surface area (Å²) in [5.41, 5.74) is 4.40. The number of nitrogens with zero attached hydrogens (tertiary/aromatic N) is 5. The highest BCUT2D eigenvalue weighted by molar-refractivity contribution is 7.98. The Kier molecular flexibility index (Phi) is 5.51. The van der Waals surface area contributed by atoms with Crippen LogP contribution in [0.4, 0.5) is 4.39 Å². The van der Waals surface area contributed by atoms with Gasteiger partial charge in [0.05, 0.1) is 11.3 Å². The van der Waals surface area contributed by atoms with E-state index in [1.807, 2.05) is 54.8 Å². The molecule has 3 aromatic heterocycles. The van der Waals surface area contributed by atoms with E-state index < -0.39 is 0 Å². The summed E-state index contributed by atoms with van der Waals surface area (Å²) in [6.07, 6.45) is 1.77. The molecule has 0 radical (unpaired) electrons. The van der Waals surface area contributed by atoms with Gasteiger partial charge in [-0.3, -0.25) is 13.8 Å². The Hall–Kier alpha value is -3.78. The third kappa shape index (κ3) is 4.17. The molecule has 2 aromatic carbocycles. The molecule has 164 valence electrons. The van der Waals surface area contributed by atoms with E-state index in [1.54, 1.807) is 24.4 Å². The van der Waals surface area contributed by atoms with Crippen LogP contribution < -0.4 is 5.56 Å². The molecule has 0 saturated heterocycles. The molecular weight excluding hydrogens is 437 g/mol. The number of hydrogen-bond acceptors (Lipinski definition) is 5. The molecule has 5 aromatic rings. The number of hydrogen-bond donors (Lipinski definition) is 0. The van der Waals surface area contributed by atoms with Gasteiger partial charge in [0, 0.05) is 23.7 Å². The fourth-order valence-corrected chi connectivity index (χ4v) is 4.42. The van der Waals surface area contributed by atoms with Crippen molar-refractivity contribution in [1.82, 2.24) is 24.1 Å². The van der Waals surface area contributed by atoms with E-state index in [2.05, 4.69) is 15.2 Å². The molecule has 0 aliphatic heterocycles. The maximum atomic E-state index is 14.6. The number of fused-ring (bicyclic) bond motifs is 1. The minimum absolute atomic E-state index is 0.133. The van der Waals surface area contributed by atoms with Gasteiger partial charge in [0.1, 0.15) is 11.5 Å². The van der Waals surface area contributed by atoms with Crippen LogP contribution in [0.3, 0.4) is 0 Å². The summed E-state index contributed by atoms with van der Waals surface area (Å²) in [4.78, 5) is 17.2. The van der Waals surface area contributed by atoms with Crippen molar-refractivity contribution >= 4 is 17.4 Å². The van der Waals surface area contributed by atoms with Gasteiger partial charge in [0.25, 0.3) is 5.56 Å². The van der Waals surface area contributed by atoms with Gasteiger partial charge in [-0.05, 0) is 49.7 Å². The highest BCUT2D eigenvalue weighted by Crippen LogP contribution is 2.30. The summed E-state index contributed by atoms with van der Waals surface area (Å²) < 4.78 is 18.0. The van der Waals surface area contributed by atoms with Crippen molar-refractivity contribution in [2.45, 2.75) is 24.8 Å². The number of pyridine rings is 1. The number of benzene rings is 2. The van der Waals surface area contributed by atoms with Crippen LogP contribution in [-0.2, 0) is 5.75 Å². The van der Waals surface area contributed by atoms with E-state index in [1.165, 1.54) is 28.3 Å². The Morgan fingerprint density at radius 3 is 2.48 bits per heavy atom. The monoisotopic (exact) mass is 457 g/mol. The van der Waals surface area contributed by atoms with Gasteiger partial charge in [-0.2, -0.15) is 0 Å². The third-order valence-corrected chi connectivity index (χ3v) is 6.21. The number of aromatic nitrogens is 5. The Labute approximate surface area is 193 Å². The molecular formula is C25H20FN5OS. The standard InChI is InChI=1S/C25H20FN5OS/c1-16-7-10-19(11-8-16)31-24(20-5-3-4-6-21(20)26)28-29-25(31)33-15-18-13-23(32)30-14-17(2)9-12-22(30)27-18/h3-14H,15H2,1-2H3. The lowest BCUT2D eigenvalue weighted by Gasteiger charge is -2.11. The second-order valence-electron chi connectivity index (χ2n) is 7.77. The maximum Gasteiger partial charge on any atom is 0.258 e. The molecule has 33 heavy (non-hydrogen) atoms. The van der Waals surface area contributed by atoms with Crippen molar-refractivity contribution < 1.29 is 4.39 Å². The van der Waals surface area contributed by atoms with E-state index in [-0.39, 0.29) is 11.4 Å². The van der Waals surface area contributed by atoms with E-state index in [4.69, 9.17) is 0 Å². The van der Waals surface area contributed by atoms with Gasteiger partial charge in [-0.15, -0.1) is 10.2 Å². The molecule has 0 saturated carbocycles. The molecule has 0 amide bonds. The number of rotatable bonds is 5. The number of thioether (sulfide) groups is 1. The smallest absolute Gasteiger partial charge is 0.258 e. The van der Waals surface area contributed by atoms with Gasteiger partial charge >= 0.3 is 0 Å². The van der Waals surface area contributed by atoms with Crippen molar-refractivity contribution in [1.29, 1.82) is 0 Å². The van der Waals surface area contributed by atoms with Crippen LogP contribution in [0.15, 0.2) is 82.9 Å². The Bertz CT molecular complexity index is 1520. The SMILES string of the molecule is Cc1ccc(-n2c(SCc3cc(=O)n4cc(C)ccc4n3)nnc2-c2ccccc2F)cc1. The van der Waals surface area contributed by atoms with E-state index in [0.29, 0.717) is 33.6 Å². The molecule has 0 unspecified atom stereocenters. The summed E-state index contributed by atoms with van der Waals surface area (Å²) >= 11 is 1.40. The average molecular weight is 458 g/mol. The predicted molar refractivity (Wildman–Crippen MR) is 127 cm³/mol. The fraction of sp³-hybridized carbons (Fsp3) is 0.120. The minimum atomic E-state index is -0.366. The van der Waals surface area contributed by atoms with Gasteiger partial charge in [0.15, 0.2) is 11.0 Å². The van der Waals surface area contributed by atoms with Crippen LogP contribution in [-0.4, -0.2) is 24.1 Å². The first kappa shape index (κ1) is 21.1. The van der Waals surface area contributed by atoms with Crippen LogP contribution in [0.2, 0.25) is 0 Å². The highest BCUT2D eigenvalue weighted by atomic mass is 32.2. The predicted octanol–water partition coefficient (Wildman–Crippen LogP) is 4.99. The molecule has 6 nitrogen and oxygen atoms in total. The first-order valence-electron chi connectivity index (χ1n) is 10.4. The highest BCUT2D eigenvalue weighted by Gasteiger charge is 2.19. The summed E-state index contributed by atoms with van der Waals surface area (Å²) in [7, 11) is 0. The fourth-order valence-electron chi connectivity index (χ4n) is 3.58. The average Bonchev–Trinajstić information content (AvgIpc) is 3.23. The molecule has 0 bridgehead atoms. The van der Waals surface area contributed by atoms with E-state index >= 15 is 0 Å². The lowest BCUT2D eigenvalue weighted by molar-refractivity contribution is 0.629. The first-order valence-corrected chi connectivity index (χ1v) is 11.4. The second-order valence-corrected chi connectivity index (χ2v) is 8.71. The zero-order valence-corrected chi connectivity index (χ0v) is 18.9. The zero-order chi connectivity index (χ0) is 22.9. The van der Waals surface area contributed by atoms with Crippen molar-refractivity contribution in [3.63, 3.8) is 0 Å². The van der Waals surface area contributed by atoms with Crippen molar-refractivity contribution in [2.24, 2.45) is 0 Å². The third-order valence-electron chi connectivity index (χ3n) is 5.25. The van der Waals surface area contributed by atoms with Gasteiger partial charge < -0.3 is 0 Å². The van der Waals surface area contributed by atoms with Crippen LogP contribution in [0.25, 0.3) is 22.7 Å². The lowest BCUT2D eigenvalue weighted by Crippen LogP contribution is -2.15. The van der Waals surface area contributed by atoms with E-state index in [9.17, 15) is 9.18 Å². The zero-order valence-electron chi connectivity index (χ0n) is 18.1. The molecule has 0 N–H and O–H groups in total. The molecule has 0 spiro atoms. The first-order chi connectivity index (χ1) is 16.0. The summed E-state index contributed by atoms with van der Waals surface area (Å²) in [5, 5.41) is 9.23. The normalized spacial score (nSPS) is 11.2. The molecule has 8 heteroatoms. The van der Waals surface area contributed by atoms with Crippen LogP contribution >= 0.6 is 11.8 Å². The van der Waals surface area contributed by atoms with Crippen molar-refractivity contribution in [2.75, 3.05) is 0 Å². The van der Waals surface area contributed by atoms with Crippen molar-refractivity contribution in [3.05, 3.63) is 106 Å². The largest absolute Gasteiger partial charge is 0.270 e. The summed E-state index contributed by atoms with van der Waals surface area (Å²) in [5.74, 6) is 0.469. The molecule has 0 aliphatic rings. The van der Waals surface area contributed by atoms with Gasteiger partial charge in [-0.1, -0.05) is 47.7 Å². The van der Waals surface area contributed by atoms with Crippen LogP contribution in [0.1, 0.15) is 16.8 Å². The Morgan fingerprint density at radius 2 is 1.70 bits per heavy atom. The maximum absolute atomic E-state index is 14.6. The minimum Gasteiger partial charge on any atom is -0.270 e. The Morgan fingerprint density at radius 1 is 0.939 bits per heavy atom. The molecule has 0 aliphatic carbocycles. The summed E-state index contributed by atoms with van der Waals surface area (Å²) in [6.45, 7) is 3.94. The van der Waals surface area contributed by atoms with Crippen LogP contribution in [0.5, 0.6) is 0 Å². The topological polar surface area (TPSA) is 65.1 Å². The summed E-state index contributed by atoms with van der Waals surface area (Å²) in [6, 6.07) is 19.7. The quantitative estimate of drug-likeness (QED) is 0.348. The molecule has 5 rings (SSSR count). The number of aryl methyl sites for hydroxylation is 2. The van der Waals surface area contributed by atoms with E-state index in [0.717, 1.165) is 16.8 Å². The van der Waals surface area contributed by atoms with Crippen molar-refractivity contribution in [3.8, 4) is 17.1 Å². The lowest BCUT2D eigenvalue weighted by atomic mass is 10.2. The Balaban J connectivity index is 1.54. The molecule has 0 atom stereocenters. The number of halogens is 1. The molecule has 0 fully saturated rings. The second kappa shape index (κ2) is 8.63. The van der Waals surface area contributed by atoms with Gasteiger partial charge in [0.2, 0.25) is 0 Å².